The zero-order valence-corrected chi connectivity index (χ0v) is 19.9. The van der Waals surface area contributed by atoms with Gasteiger partial charge in [-0.2, -0.15) is 4.98 Å². The molecular formula is C25H23ClN4O3S. The molecule has 1 aliphatic rings. The van der Waals surface area contributed by atoms with Gasteiger partial charge in [-0.3, -0.25) is 9.69 Å². The van der Waals surface area contributed by atoms with Crippen LogP contribution in [0.15, 0.2) is 70.6 Å². The normalized spacial score (nSPS) is 16.3. The van der Waals surface area contributed by atoms with Crippen LogP contribution in [0.5, 0.6) is 11.5 Å². The molecule has 1 fully saturated rings. The Labute approximate surface area is 206 Å². The van der Waals surface area contributed by atoms with Crippen LogP contribution in [0.2, 0.25) is 5.02 Å². The maximum absolute atomic E-state index is 13.2. The van der Waals surface area contributed by atoms with Gasteiger partial charge in [-0.05, 0) is 61.2 Å². The van der Waals surface area contributed by atoms with Crippen molar-refractivity contribution in [1.82, 2.24) is 15.0 Å². The van der Waals surface area contributed by atoms with Gasteiger partial charge in [0, 0.05) is 11.6 Å². The van der Waals surface area contributed by atoms with E-state index in [4.69, 9.17) is 20.9 Å². The number of hydrogen-bond acceptors (Lipinski definition) is 7. The Morgan fingerprint density at radius 1 is 1.21 bits per heavy atom. The van der Waals surface area contributed by atoms with Crippen molar-refractivity contribution in [1.29, 1.82) is 0 Å². The standard InChI is InChI=1S/C25H23ClN4O3S/c26-18-10-11-21(32-19-7-2-1-3-8-19)20(14-18)27-25(31)17-6-4-12-30(15-17)16-23-28-24(29-33-23)22-9-5-13-34-22/h1-3,5,7-11,13-14,17H,4,6,12,15-16H2,(H,27,31). The molecule has 2 aromatic carbocycles. The Morgan fingerprint density at radius 3 is 2.91 bits per heavy atom. The average Bonchev–Trinajstić information content (AvgIpc) is 3.54. The molecule has 1 atom stereocenters. The molecule has 3 heterocycles. The summed E-state index contributed by atoms with van der Waals surface area (Å²) in [5.74, 6) is 2.15. The van der Waals surface area contributed by atoms with Crippen LogP contribution in [0.25, 0.3) is 10.7 Å². The Bertz CT molecular complexity index is 1250. The van der Waals surface area contributed by atoms with Gasteiger partial charge in [0.2, 0.25) is 17.6 Å². The summed E-state index contributed by atoms with van der Waals surface area (Å²) >= 11 is 7.78. The van der Waals surface area contributed by atoms with Crippen molar-refractivity contribution in [3.63, 3.8) is 0 Å². The molecule has 34 heavy (non-hydrogen) atoms. The minimum absolute atomic E-state index is 0.0605. The van der Waals surface area contributed by atoms with E-state index in [0.717, 1.165) is 24.3 Å². The molecule has 1 unspecified atom stereocenters. The van der Waals surface area contributed by atoms with E-state index >= 15 is 0 Å². The van der Waals surface area contributed by atoms with Gasteiger partial charge in [-0.15, -0.1) is 11.3 Å². The molecule has 1 N–H and O–H groups in total. The number of nitrogens with zero attached hydrogens (tertiary/aromatic N) is 3. The van der Waals surface area contributed by atoms with Crippen LogP contribution in [0, 0.1) is 5.92 Å². The monoisotopic (exact) mass is 494 g/mol. The number of anilines is 1. The molecule has 7 nitrogen and oxygen atoms in total. The van der Waals surface area contributed by atoms with Crippen LogP contribution in [0.3, 0.4) is 0 Å². The molecule has 0 bridgehead atoms. The van der Waals surface area contributed by atoms with Gasteiger partial charge >= 0.3 is 0 Å². The van der Waals surface area contributed by atoms with Crippen molar-refractivity contribution < 1.29 is 14.1 Å². The Hall–Kier alpha value is -3.20. The van der Waals surface area contributed by atoms with E-state index in [9.17, 15) is 4.79 Å². The van der Waals surface area contributed by atoms with Crippen LogP contribution >= 0.6 is 22.9 Å². The van der Waals surface area contributed by atoms with Crippen LogP contribution in [0.1, 0.15) is 18.7 Å². The van der Waals surface area contributed by atoms with Crippen molar-refractivity contribution in [3.8, 4) is 22.2 Å². The van der Waals surface area contributed by atoms with Crippen LogP contribution < -0.4 is 10.1 Å². The highest BCUT2D eigenvalue weighted by Crippen LogP contribution is 2.33. The summed E-state index contributed by atoms with van der Waals surface area (Å²) in [6.45, 7) is 2.00. The fourth-order valence-electron chi connectivity index (χ4n) is 3.97. The first-order valence-electron chi connectivity index (χ1n) is 11.1. The van der Waals surface area contributed by atoms with Crippen molar-refractivity contribution in [3.05, 3.63) is 77.0 Å². The summed E-state index contributed by atoms with van der Waals surface area (Å²) in [6.07, 6.45) is 1.72. The van der Waals surface area contributed by atoms with Gasteiger partial charge in [-0.25, -0.2) is 0 Å². The molecule has 0 spiro atoms. The highest BCUT2D eigenvalue weighted by atomic mass is 35.5. The molecule has 9 heteroatoms. The molecule has 0 radical (unpaired) electrons. The Morgan fingerprint density at radius 2 is 2.09 bits per heavy atom. The lowest BCUT2D eigenvalue weighted by atomic mass is 9.97. The number of amides is 1. The SMILES string of the molecule is O=C(Nc1cc(Cl)ccc1Oc1ccccc1)C1CCCN(Cc2nc(-c3cccs3)no2)C1. The average molecular weight is 495 g/mol. The third-order valence-corrected chi connectivity index (χ3v) is 6.72. The second-order valence-corrected chi connectivity index (χ2v) is 9.49. The second kappa shape index (κ2) is 10.4. The number of halogens is 1. The van der Waals surface area contributed by atoms with Gasteiger partial charge in [-0.1, -0.05) is 41.0 Å². The first-order chi connectivity index (χ1) is 16.6. The van der Waals surface area contributed by atoms with Gasteiger partial charge in [0.05, 0.1) is 23.0 Å². The van der Waals surface area contributed by atoms with E-state index in [0.29, 0.717) is 47.0 Å². The first kappa shape index (κ1) is 22.6. The van der Waals surface area contributed by atoms with Gasteiger partial charge < -0.3 is 14.6 Å². The number of para-hydroxylation sites is 1. The molecule has 1 aliphatic heterocycles. The summed E-state index contributed by atoms with van der Waals surface area (Å²) in [7, 11) is 0. The number of thiophene rings is 1. The van der Waals surface area contributed by atoms with Gasteiger partial charge in [0.15, 0.2) is 5.75 Å². The Kier molecular flexibility index (Phi) is 6.89. The first-order valence-corrected chi connectivity index (χ1v) is 12.3. The summed E-state index contributed by atoms with van der Waals surface area (Å²) in [4.78, 5) is 20.8. The van der Waals surface area contributed by atoms with E-state index in [-0.39, 0.29) is 11.8 Å². The predicted molar refractivity (Wildman–Crippen MR) is 132 cm³/mol. The molecule has 5 rings (SSSR count). The number of benzene rings is 2. The molecule has 1 amide bonds. The molecular weight excluding hydrogens is 472 g/mol. The maximum Gasteiger partial charge on any atom is 0.241 e. The number of ether oxygens (including phenoxy) is 1. The zero-order valence-electron chi connectivity index (χ0n) is 18.3. The van der Waals surface area contributed by atoms with Crippen LogP contribution in [-0.4, -0.2) is 34.0 Å². The third-order valence-electron chi connectivity index (χ3n) is 5.62. The lowest BCUT2D eigenvalue weighted by molar-refractivity contribution is -0.121. The zero-order chi connectivity index (χ0) is 23.3. The predicted octanol–water partition coefficient (Wildman–Crippen LogP) is 6.09. The number of piperidine rings is 1. The van der Waals surface area contributed by atoms with E-state index in [1.165, 1.54) is 0 Å². The molecule has 1 saturated heterocycles. The smallest absolute Gasteiger partial charge is 0.241 e. The minimum Gasteiger partial charge on any atom is -0.455 e. The molecule has 174 valence electrons. The number of aromatic nitrogens is 2. The van der Waals surface area contributed by atoms with E-state index < -0.39 is 0 Å². The minimum atomic E-state index is -0.169. The number of hydrogen-bond donors (Lipinski definition) is 1. The fourth-order valence-corrected chi connectivity index (χ4v) is 4.79. The number of rotatable bonds is 7. The molecule has 0 aliphatic carbocycles. The van der Waals surface area contributed by atoms with E-state index in [1.54, 1.807) is 29.5 Å². The van der Waals surface area contributed by atoms with Crippen LogP contribution in [0.4, 0.5) is 5.69 Å². The molecule has 4 aromatic rings. The van der Waals surface area contributed by atoms with Crippen molar-refractivity contribution >= 4 is 34.5 Å². The number of nitrogens with one attached hydrogen (secondary N) is 1. The highest BCUT2D eigenvalue weighted by Gasteiger charge is 2.27. The van der Waals surface area contributed by atoms with Gasteiger partial charge in [0.25, 0.3) is 0 Å². The largest absolute Gasteiger partial charge is 0.455 e. The summed E-state index contributed by atoms with van der Waals surface area (Å²) in [5.41, 5.74) is 0.552. The molecule has 0 saturated carbocycles. The number of carbonyl (C=O) groups excluding carboxylic acids is 1. The molecule has 2 aromatic heterocycles. The topological polar surface area (TPSA) is 80.5 Å². The summed E-state index contributed by atoms with van der Waals surface area (Å²) in [5, 5.41) is 9.61. The van der Waals surface area contributed by atoms with E-state index in [2.05, 4.69) is 20.4 Å². The maximum atomic E-state index is 13.2. The lowest BCUT2D eigenvalue weighted by Crippen LogP contribution is -2.40. The van der Waals surface area contributed by atoms with Crippen molar-refractivity contribution in [2.24, 2.45) is 5.92 Å². The summed E-state index contributed by atoms with van der Waals surface area (Å²) < 4.78 is 11.4. The van der Waals surface area contributed by atoms with Gasteiger partial charge in [0.1, 0.15) is 5.75 Å². The van der Waals surface area contributed by atoms with Crippen LogP contribution in [-0.2, 0) is 11.3 Å². The number of likely N-dealkylation sites (tertiary alicyclic amines) is 1. The second-order valence-electron chi connectivity index (χ2n) is 8.11. The highest BCUT2D eigenvalue weighted by molar-refractivity contribution is 7.13. The third kappa shape index (κ3) is 5.47. The van der Waals surface area contributed by atoms with Crippen molar-refractivity contribution in [2.75, 3.05) is 18.4 Å². The quantitative estimate of drug-likeness (QED) is 0.334. The number of carbonyl (C=O) groups is 1. The fraction of sp³-hybridized carbons (Fsp3) is 0.240. The Balaban J connectivity index is 1.23. The summed E-state index contributed by atoms with van der Waals surface area (Å²) in [6, 6.07) is 18.6. The van der Waals surface area contributed by atoms with E-state index in [1.807, 2.05) is 47.8 Å². The lowest BCUT2D eigenvalue weighted by Gasteiger charge is -2.31. The van der Waals surface area contributed by atoms with Crippen molar-refractivity contribution in [2.45, 2.75) is 19.4 Å².